The molecule has 1 aliphatic rings. The summed E-state index contributed by atoms with van der Waals surface area (Å²) in [6.07, 6.45) is 5.07. The molecule has 178 valence electrons. The maximum absolute atomic E-state index is 12.7. The highest BCUT2D eigenvalue weighted by Gasteiger charge is 2.21. The van der Waals surface area contributed by atoms with Gasteiger partial charge in [-0.1, -0.05) is 36.9 Å². The van der Waals surface area contributed by atoms with Gasteiger partial charge in [0.2, 0.25) is 5.91 Å². The topological polar surface area (TPSA) is 104 Å². The lowest BCUT2D eigenvalue weighted by atomic mass is 10.0. The zero-order valence-electron chi connectivity index (χ0n) is 19.5. The highest BCUT2D eigenvalue weighted by molar-refractivity contribution is 7.98. The maximum atomic E-state index is 12.7. The van der Waals surface area contributed by atoms with E-state index in [2.05, 4.69) is 15.3 Å². The second kappa shape index (κ2) is 11.9. The van der Waals surface area contributed by atoms with Gasteiger partial charge in [0.15, 0.2) is 11.8 Å². The van der Waals surface area contributed by atoms with Crippen LogP contribution in [0.25, 0.3) is 0 Å². The predicted molar refractivity (Wildman–Crippen MR) is 129 cm³/mol. The Hall–Kier alpha value is -2.81. The van der Waals surface area contributed by atoms with Gasteiger partial charge < -0.3 is 19.9 Å². The Balaban J connectivity index is 1.62. The number of carbonyl (C=O) groups is 2. The first-order chi connectivity index (χ1) is 15.9. The second-order valence-corrected chi connectivity index (χ2v) is 8.88. The van der Waals surface area contributed by atoms with Crippen molar-refractivity contribution in [3.8, 4) is 5.75 Å². The lowest BCUT2D eigenvalue weighted by molar-refractivity contribution is -0.132. The summed E-state index contributed by atoms with van der Waals surface area (Å²) in [6.45, 7) is 5.33. The van der Waals surface area contributed by atoms with Crippen molar-refractivity contribution < 1.29 is 14.3 Å². The third-order valence-corrected chi connectivity index (χ3v) is 6.42. The van der Waals surface area contributed by atoms with Crippen LogP contribution in [0, 0.1) is 6.92 Å². The van der Waals surface area contributed by atoms with Crippen molar-refractivity contribution in [2.75, 3.05) is 26.0 Å². The standard InChI is InChI=1S/C24H32N4O4S/c1-4-19(26-21(29)12-11-17-16(2)25-24(33-3)27-23(17)31)18-9-5-6-10-20(18)32-15-22(30)28-13-7-8-14-28/h5-6,9-10,19H,4,7-8,11-15H2,1-3H3,(H,26,29)(H,25,27,31). The summed E-state index contributed by atoms with van der Waals surface area (Å²) in [5.41, 5.74) is 1.81. The molecule has 2 heterocycles. The first-order valence-corrected chi connectivity index (χ1v) is 12.6. The van der Waals surface area contributed by atoms with E-state index < -0.39 is 0 Å². The number of para-hydroxylation sites is 1. The number of benzene rings is 1. The Morgan fingerprint density at radius 3 is 2.67 bits per heavy atom. The monoisotopic (exact) mass is 472 g/mol. The van der Waals surface area contributed by atoms with Gasteiger partial charge >= 0.3 is 0 Å². The molecule has 1 aliphatic heterocycles. The number of nitrogens with zero attached hydrogens (tertiary/aromatic N) is 2. The Labute approximate surface area is 198 Å². The fourth-order valence-electron chi connectivity index (χ4n) is 3.98. The molecule has 1 unspecified atom stereocenters. The quantitative estimate of drug-likeness (QED) is 0.407. The van der Waals surface area contributed by atoms with Gasteiger partial charge in [-0.25, -0.2) is 4.98 Å². The number of nitrogens with one attached hydrogen (secondary N) is 2. The van der Waals surface area contributed by atoms with E-state index in [9.17, 15) is 14.4 Å². The van der Waals surface area contributed by atoms with Crippen molar-refractivity contribution in [3.05, 3.63) is 51.4 Å². The van der Waals surface area contributed by atoms with Crippen LogP contribution in [-0.4, -0.2) is 52.6 Å². The fraction of sp³-hybridized carbons (Fsp3) is 0.500. The predicted octanol–water partition coefficient (Wildman–Crippen LogP) is 3.00. The van der Waals surface area contributed by atoms with Crippen molar-refractivity contribution in [2.24, 2.45) is 0 Å². The summed E-state index contributed by atoms with van der Waals surface area (Å²) in [5, 5.41) is 3.61. The van der Waals surface area contributed by atoms with Crippen molar-refractivity contribution in [1.29, 1.82) is 0 Å². The van der Waals surface area contributed by atoms with Crippen LogP contribution in [0.2, 0.25) is 0 Å². The molecule has 3 rings (SSSR count). The molecule has 0 saturated carbocycles. The molecule has 9 heteroatoms. The van der Waals surface area contributed by atoms with Crippen LogP contribution in [0.5, 0.6) is 5.75 Å². The Morgan fingerprint density at radius 2 is 2.00 bits per heavy atom. The van der Waals surface area contributed by atoms with Crippen LogP contribution in [0.1, 0.15) is 55.5 Å². The first kappa shape index (κ1) is 24.8. The number of likely N-dealkylation sites (tertiary alicyclic amines) is 1. The summed E-state index contributed by atoms with van der Waals surface area (Å²) in [5.74, 6) is 0.431. The number of carbonyl (C=O) groups excluding carboxylic acids is 2. The minimum atomic E-state index is -0.257. The van der Waals surface area contributed by atoms with E-state index in [1.54, 1.807) is 6.92 Å². The van der Waals surface area contributed by atoms with Crippen molar-refractivity contribution in [1.82, 2.24) is 20.2 Å². The van der Waals surface area contributed by atoms with Crippen LogP contribution in [0.15, 0.2) is 34.2 Å². The van der Waals surface area contributed by atoms with Gasteiger partial charge in [-0.3, -0.25) is 14.4 Å². The number of aromatic amines is 1. The highest BCUT2D eigenvalue weighted by atomic mass is 32.2. The molecule has 1 fully saturated rings. The normalized spacial score (nSPS) is 14.2. The molecule has 8 nitrogen and oxygen atoms in total. The summed E-state index contributed by atoms with van der Waals surface area (Å²) < 4.78 is 5.86. The zero-order valence-corrected chi connectivity index (χ0v) is 20.3. The molecule has 1 saturated heterocycles. The largest absolute Gasteiger partial charge is 0.483 e. The smallest absolute Gasteiger partial charge is 0.260 e. The number of amides is 2. The number of aryl methyl sites for hydroxylation is 1. The van der Waals surface area contributed by atoms with Crippen LogP contribution in [0.4, 0.5) is 0 Å². The molecule has 0 aliphatic carbocycles. The highest BCUT2D eigenvalue weighted by Crippen LogP contribution is 2.27. The lowest BCUT2D eigenvalue weighted by Crippen LogP contribution is -2.33. The molecular formula is C24H32N4O4S. The molecule has 1 aromatic carbocycles. The number of hydrogen-bond donors (Lipinski definition) is 2. The van der Waals surface area contributed by atoms with E-state index in [0.717, 1.165) is 31.5 Å². The Morgan fingerprint density at radius 1 is 1.27 bits per heavy atom. The van der Waals surface area contributed by atoms with E-state index >= 15 is 0 Å². The van der Waals surface area contributed by atoms with Gasteiger partial charge in [-0.05, 0) is 44.9 Å². The number of rotatable bonds is 10. The second-order valence-electron chi connectivity index (χ2n) is 8.08. The lowest BCUT2D eigenvalue weighted by Gasteiger charge is -2.22. The van der Waals surface area contributed by atoms with Crippen LogP contribution in [-0.2, 0) is 16.0 Å². The Bertz CT molecular complexity index is 1030. The average molecular weight is 473 g/mol. The third kappa shape index (κ3) is 6.60. The summed E-state index contributed by atoms with van der Waals surface area (Å²) in [6, 6.07) is 7.22. The van der Waals surface area contributed by atoms with Crippen LogP contribution >= 0.6 is 11.8 Å². The van der Waals surface area contributed by atoms with E-state index in [1.807, 2.05) is 42.3 Å². The maximum Gasteiger partial charge on any atom is 0.260 e. The molecule has 2 aromatic rings. The summed E-state index contributed by atoms with van der Waals surface area (Å²) in [7, 11) is 0. The van der Waals surface area contributed by atoms with Crippen LogP contribution in [0.3, 0.4) is 0 Å². The number of aromatic nitrogens is 2. The minimum absolute atomic E-state index is 0.0114. The van der Waals surface area contributed by atoms with Crippen molar-refractivity contribution in [2.45, 2.75) is 57.1 Å². The number of thioether (sulfide) groups is 1. The summed E-state index contributed by atoms with van der Waals surface area (Å²) in [4.78, 5) is 46.3. The fourth-order valence-corrected chi connectivity index (χ4v) is 4.40. The zero-order chi connectivity index (χ0) is 23.8. The molecule has 2 amide bonds. The minimum Gasteiger partial charge on any atom is -0.483 e. The number of hydrogen-bond acceptors (Lipinski definition) is 6. The SMILES string of the molecule is CCC(NC(=O)CCc1c(C)nc(SC)[nH]c1=O)c1ccccc1OCC(=O)N1CCCC1. The first-order valence-electron chi connectivity index (χ1n) is 11.4. The molecule has 0 radical (unpaired) electrons. The van der Waals surface area contributed by atoms with E-state index in [-0.39, 0.29) is 36.4 Å². The van der Waals surface area contributed by atoms with Gasteiger partial charge in [-0.2, -0.15) is 0 Å². The van der Waals surface area contributed by atoms with E-state index in [4.69, 9.17) is 4.74 Å². The van der Waals surface area contributed by atoms with Gasteiger partial charge in [0.1, 0.15) is 5.75 Å². The molecule has 2 N–H and O–H groups in total. The summed E-state index contributed by atoms with van der Waals surface area (Å²) >= 11 is 1.37. The van der Waals surface area contributed by atoms with Gasteiger partial charge in [0, 0.05) is 36.3 Å². The Kier molecular flexibility index (Phi) is 8.94. The average Bonchev–Trinajstić information content (AvgIpc) is 3.35. The number of ether oxygens (including phenoxy) is 1. The van der Waals surface area contributed by atoms with Gasteiger partial charge in [0.05, 0.1) is 6.04 Å². The molecule has 1 atom stereocenters. The molecule has 0 spiro atoms. The van der Waals surface area contributed by atoms with E-state index in [0.29, 0.717) is 35.0 Å². The molecular weight excluding hydrogens is 440 g/mol. The van der Waals surface area contributed by atoms with Crippen molar-refractivity contribution >= 4 is 23.6 Å². The van der Waals surface area contributed by atoms with Crippen LogP contribution < -0.4 is 15.6 Å². The van der Waals surface area contributed by atoms with Crippen molar-refractivity contribution in [3.63, 3.8) is 0 Å². The molecule has 1 aromatic heterocycles. The molecule has 0 bridgehead atoms. The van der Waals surface area contributed by atoms with Gasteiger partial charge in [-0.15, -0.1) is 0 Å². The van der Waals surface area contributed by atoms with E-state index in [1.165, 1.54) is 11.8 Å². The molecule has 33 heavy (non-hydrogen) atoms. The third-order valence-electron chi connectivity index (χ3n) is 5.84. The number of H-pyrrole nitrogens is 1. The van der Waals surface area contributed by atoms with Gasteiger partial charge in [0.25, 0.3) is 11.5 Å².